The van der Waals surface area contributed by atoms with Crippen LogP contribution in [0.4, 0.5) is 0 Å². The van der Waals surface area contributed by atoms with Gasteiger partial charge in [-0.15, -0.1) is 5.10 Å². The highest BCUT2D eigenvalue weighted by Crippen LogP contribution is 2.11. The maximum Gasteiger partial charge on any atom is 0.242 e. The van der Waals surface area contributed by atoms with Gasteiger partial charge in [0, 0.05) is 12.1 Å². The van der Waals surface area contributed by atoms with Gasteiger partial charge in [-0.1, -0.05) is 5.16 Å². The second-order valence-electron chi connectivity index (χ2n) is 3.59. The molecule has 2 heterocycles. The van der Waals surface area contributed by atoms with Gasteiger partial charge >= 0.3 is 0 Å². The van der Waals surface area contributed by atoms with Crippen LogP contribution in [0.5, 0.6) is 0 Å². The average molecular weight is 236 g/mol. The van der Waals surface area contributed by atoms with Crippen molar-refractivity contribution in [3.63, 3.8) is 0 Å². The molecular formula is C9H12N6O2. The quantitative estimate of drug-likeness (QED) is 0.775. The Morgan fingerprint density at radius 2 is 2.35 bits per heavy atom. The van der Waals surface area contributed by atoms with E-state index in [0.717, 1.165) is 11.3 Å². The Kier molecular flexibility index (Phi) is 3.12. The van der Waals surface area contributed by atoms with Gasteiger partial charge in [-0.25, -0.2) is 4.68 Å². The summed E-state index contributed by atoms with van der Waals surface area (Å²) in [6, 6.07) is 0. The van der Waals surface area contributed by atoms with Crippen molar-refractivity contribution < 1.29 is 9.32 Å². The van der Waals surface area contributed by atoms with Gasteiger partial charge in [-0.3, -0.25) is 4.79 Å². The Labute approximate surface area is 97.0 Å². The van der Waals surface area contributed by atoms with E-state index in [-0.39, 0.29) is 12.5 Å². The van der Waals surface area contributed by atoms with Crippen molar-refractivity contribution in [3.05, 3.63) is 23.3 Å². The van der Waals surface area contributed by atoms with Crippen LogP contribution in [0.2, 0.25) is 0 Å². The second kappa shape index (κ2) is 4.73. The summed E-state index contributed by atoms with van der Waals surface area (Å²) in [5, 5.41) is 17.0. The molecule has 2 aromatic rings. The minimum atomic E-state index is -0.169. The van der Waals surface area contributed by atoms with Crippen LogP contribution in [0.25, 0.3) is 0 Å². The molecule has 2 aromatic heterocycles. The molecule has 0 aliphatic heterocycles. The van der Waals surface area contributed by atoms with Crippen LogP contribution in [-0.2, 0) is 17.9 Å². The van der Waals surface area contributed by atoms with E-state index in [9.17, 15) is 4.79 Å². The number of amides is 1. The highest BCUT2D eigenvalue weighted by molar-refractivity contribution is 5.75. The topological polar surface area (TPSA) is 98.7 Å². The predicted octanol–water partition coefficient (Wildman–Crippen LogP) is -0.406. The van der Waals surface area contributed by atoms with Gasteiger partial charge in [0.05, 0.1) is 5.69 Å². The van der Waals surface area contributed by atoms with Crippen LogP contribution < -0.4 is 5.32 Å². The fourth-order valence-electron chi connectivity index (χ4n) is 1.40. The van der Waals surface area contributed by atoms with Crippen LogP contribution in [-0.4, -0.2) is 31.3 Å². The van der Waals surface area contributed by atoms with Crippen LogP contribution >= 0.6 is 0 Å². The molecule has 0 saturated heterocycles. The second-order valence-corrected chi connectivity index (χ2v) is 3.59. The van der Waals surface area contributed by atoms with E-state index in [1.54, 1.807) is 0 Å². The van der Waals surface area contributed by atoms with Crippen molar-refractivity contribution in [2.45, 2.75) is 26.9 Å². The molecule has 0 atom stereocenters. The molecule has 1 amide bonds. The van der Waals surface area contributed by atoms with Crippen LogP contribution in [0.3, 0.4) is 0 Å². The summed E-state index contributed by atoms with van der Waals surface area (Å²) in [6.45, 7) is 4.13. The van der Waals surface area contributed by atoms with Gasteiger partial charge in [-0.05, 0) is 24.3 Å². The Morgan fingerprint density at radius 3 is 2.94 bits per heavy atom. The number of carbonyl (C=O) groups excluding carboxylic acids is 1. The number of rotatable bonds is 4. The fraction of sp³-hybridized carbons (Fsp3) is 0.444. The summed E-state index contributed by atoms with van der Waals surface area (Å²) in [4.78, 5) is 11.5. The van der Waals surface area contributed by atoms with E-state index in [0.29, 0.717) is 12.3 Å². The van der Waals surface area contributed by atoms with E-state index in [1.807, 2.05) is 13.8 Å². The zero-order valence-corrected chi connectivity index (χ0v) is 9.54. The van der Waals surface area contributed by atoms with Crippen LogP contribution in [0.1, 0.15) is 17.0 Å². The first kappa shape index (κ1) is 11.2. The molecule has 90 valence electrons. The van der Waals surface area contributed by atoms with E-state index < -0.39 is 0 Å². The molecule has 0 aromatic carbocycles. The highest BCUT2D eigenvalue weighted by atomic mass is 16.5. The Balaban J connectivity index is 1.88. The lowest BCUT2D eigenvalue weighted by atomic mass is 10.2. The minimum absolute atomic E-state index is 0.0936. The number of tetrazole rings is 1. The molecule has 8 nitrogen and oxygen atoms in total. The fourth-order valence-corrected chi connectivity index (χ4v) is 1.40. The van der Waals surface area contributed by atoms with Gasteiger partial charge in [0.15, 0.2) is 0 Å². The number of aryl methyl sites for hydroxylation is 2. The van der Waals surface area contributed by atoms with Crippen LogP contribution in [0.15, 0.2) is 10.9 Å². The zero-order chi connectivity index (χ0) is 12.3. The van der Waals surface area contributed by atoms with Crippen molar-refractivity contribution in [3.8, 4) is 0 Å². The molecule has 0 saturated carbocycles. The summed E-state index contributed by atoms with van der Waals surface area (Å²) in [5.74, 6) is 0.544. The monoisotopic (exact) mass is 236 g/mol. The largest absolute Gasteiger partial charge is 0.361 e. The molecule has 8 heteroatoms. The highest BCUT2D eigenvalue weighted by Gasteiger charge is 2.10. The molecule has 0 radical (unpaired) electrons. The number of hydrogen-bond donors (Lipinski definition) is 1. The van der Waals surface area contributed by atoms with Gasteiger partial charge in [0.2, 0.25) is 5.91 Å². The van der Waals surface area contributed by atoms with Gasteiger partial charge < -0.3 is 9.84 Å². The normalized spacial score (nSPS) is 10.5. The Morgan fingerprint density at radius 1 is 1.53 bits per heavy atom. The molecule has 0 bridgehead atoms. The summed E-state index contributed by atoms with van der Waals surface area (Å²) in [7, 11) is 0. The summed E-state index contributed by atoms with van der Waals surface area (Å²) < 4.78 is 6.34. The van der Waals surface area contributed by atoms with Gasteiger partial charge in [-0.2, -0.15) is 0 Å². The van der Waals surface area contributed by atoms with Crippen molar-refractivity contribution in [2.75, 3.05) is 0 Å². The number of hydrogen-bond acceptors (Lipinski definition) is 6. The van der Waals surface area contributed by atoms with Gasteiger partial charge in [0.25, 0.3) is 0 Å². The van der Waals surface area contributed by atoms with E-state index in [1.165, 1.54) is 11.0 Å². The lowest BCUT2D eigenvalue weighted by molar-refractivity contribution is -0.122. The number of nitrogens with one attached hydrogen (secondary N) is 1. The number of aromatic nitrogens is 5. The first-order valence-electron chi connectivity index (χ1n) is 5.06. The third kappa shape index (κ3) is 2.65. The Bertz CT molecular complexity index is 484. The smallest absolute Gasteiger partial charge is 0.242 e. The van der Waals surface area contributed by atoms with E-state index in [4.69, 9.17) is 4.52 Å². The molecule has 2 rings (SSSR count). The summed E-state index contributed by atoms with van der Waals surface area (Å²) >= 11 is 0. The first-order valence-corrected chi connectivity index (χ1v) is 5.06. The summed E-state index contributed by atoms with van der Waals surface area (Å²) in [6.07, 6.45) is 1.38. The third-order valence-corrected chi connectivity index (χ3v) is 2.34. The molecule has 1 N–H and O–H groups in total. The molecule has 17 heavy (non-hydrogen) atoms. The SMILES string of the molecule is Cc1noc(C)c1CNC(=O)Cn1cnnn1. The zero-order valence-electron chi connectivity index (χ0n) is 9.54. The minimum Gasteiger partial charge on any atom is -0.361 e. The lowest BCUT2D eigenvalue weighted by Gasteiger charge is -2.03. The van der Waals surface area contributed by atoms with Crippen LogP contribution in [0, 0.1) is 13.8 Å². The standard InChI is InChI=1S/C9H12N6O2/c1-6-8(7(2)17-12-6)3-10-9(16)4-15-5-11-13-14-15/h5H,3-4H2,1-2H3,(H,10,16). The first-order chi connectivity index (χ1) is 8.16. The number of carbonyl (C=O) groups is 1. The lowest BCUT2D eigenvalue weighted by Crippen LogP contribution is -2.27. The van der Waals surface area contributed by atoms with Gasteiger partial charge in [0.1, 0.15) is 18.6 Å². The Hall–Kier alpha value is -2.25. The molecular weight excluding hydrogens is 224 g/mol. The maximum absolute atomic E-state index is 11.5. The van der Waals surface area contributed by atoms with Crippen molar-refractivity contribution in [1.29, 1.82) is 0 Å². The third-order valence-electron chi connectivity index (χ3n) is 2.34. The molecule has 0 aliphatic carbocycles. The van der Waals surface area contributed by atoms with Crippen molar-refractivity contribution in [1.82, 2.24) is 30.7 Å². The molecule has 0 unspecified atom stereocenters. The molecule has 0 aliphatic rings. The average Bonchev–Trinajstić information content (AvgIpc) is 2.88. The van der Waals surface area contributed by atoms with E-state index in [2.05, 4.69) is 26.0 Å². The molecule has 0 fully saturated rings. The number of nitrogens with zero attached hydrogens (tertiary/aromatic N) is 5. The predicted molar refractivity (Wildman–Crippen MR) is 55.6 cm³/mol. The van der Waals surface area contributed by atoms with Crippen molar-refractivity contribution >= 4 is 5.91 Å². The summed E-state index contributed by atoms with van der Waals surface area (Å²) in [5.41, 5.74) is 1.68. The molecule has 0 spiro atoms. The van der Waals surface area contributed by atoms with E-state index >= 15 is 0 Å². The van der Waals surface area contributed by atoms with Crippen molar-refractivity contribution in [2.24, 2.45) is 0 Å². The maximum atomic E-state index is 11.5.